The Labute approximate surface area is 121 Å². The third kappa shape index (κ3) is 3.06. The summed E-state index contributed by atoms with van der Waals surface area (Å²) in [6.07, 6.45) is 0.550. The molecule has 0 saturated heterocycles. The maximum atomic E-state index is 11.2. The van der Waals surface area contributed by atoms with Crippen LogP contribution in [0.3, 0.4) is 0 Å². The van der Waals surface area contributed by atoms with E-state index >= 15 is 0 Å². The zero-order chi connectivity index (χ0) is 14.5. The number of halogens is 1. The van der Waals surface area contributed by atoms with Crippen LogP contribution in [-0.4, -0.2) is 17.4 Å². The molecule has 0 aliphatic carbocycles. The van der Waals surface area contributed by atoms with Gasteiger partial charge >= 0.3 is 5.97 Å². The van der Waals surface area contributed by atoms with Gasteiger partial charge in [0.05, 0.1) is 5.92 Å². The lowest BCUT2D eigenvalue weighted by Gasteiger charge is -2.12. The molecule has 0 aliphatic rings. The average Bonchev–Trinajstić information content (AvgIpc) is 2.45. The Balaban J connectivity index is 2.39. The van der Waals surface area contributed by atoms with Gasteiger partial charge < -0.3 is 9.90 Å². The Hall–Kier alpha value is -2.13. The number of rotatable bonds is 5. The van der Waals surface area contributed by atoms with Gasteiger partial charge in [0.2, 0.25) is 0 Å². The van der Waals surface area contributed by atoms with Crippen molar-refractivity contribution in [2.24, 2.45) is 0 Å². The molecule has 1 unspecified atom stereocenters. The summed E-state index contributed by atoms with van der Waals surface area (Å²) in [5.41, 5.74) is 2.34. The minimum atomic E-state index is -1.03. The van der Waals surface area contributed by atoms with Crippen LogP contribution in [0.2, 0.25) is 5.02 Å². The third-order valence-electron chi connectivity index (χ3n) is 3.11. The fourth-order valence-corrected chi connectivity index (χ4v) is 2.37. The van der Waals surface area contributed by atoms with Gasteiger partial charge in [-0.1, -0.05) is 54.1 Å². The molecule has 0 heterocycles. The molecule has 4 heteroatoms. The average molecular weight is 289 g/mol. The summed E-state index contributed by atoms with van der Waals surface area (Å²) in [5, 5.41) is 9.61. The van der Waals surface area contributed by atoms with Crippen molar-refractivity contribution in [3.8, 4) is 11.1 Å². The second-order valence-electron chi connectivity index (χ2n) is 4.40. The molecule has 1 N–H and O–H groups in total. The molecule has 0 aromatic heterocycles. The zero-order valence-electron chi connectivity index (χ0n) is 10.6. The Morgan fingerprint density at radius 2 is 1.90 bits per heavy atom. The van der Waals surface area contributed by atoms with Crippen LogP contribution in [0.1, 0.15) is 17.9 Å². The summed E-state index contributed by atoms with van der Waals surface area (Å²) in [4.78, 5) is 21.7. The van der Waals surface area contributed by atoms with Gasteiger partial charge in [-0.2, -0.15) is 0 Å². The van der Waals surface area contributed by atoms with Gasteiger partial charge in [-0.05, 0) is 17.2 Å². The fraction of sp³-hybridized carbons (Fsp3) is 0.125. The predicted octanol–water partition coefficient (Wildman–Crippen LogP) is 3.76. The van der Waals surface area contributed by atoms with Crippen LogP contribution in [0.5, 0.6) is 0 Å². The number of carbonyl (C=O) groups excluding carboxylic acids is 1. The quantitative estimate of drug-likeness (QED) is 0.852. The molecular weight excluding hydrogens is 276 g/mol. The Kier molecular flexibility index (Phi) is 4.53. The molecule has 1 atom stereocenters. The minimum Gasteiger partial charge on any atom is -0.481 e. The molecule has 20 heavy (non-hydrogen) atoms. The number of hydrogen-bond acceptors (Lipinski definition) is 2. The number of aldehydes is 1. The predicted molar refractivity (Wildman–Crippen MR) is 77.9 cm³/mol. The number of benzene rings is 2. The summed E-state index contributed by atoms with van der Waals surface area (Å²) in [5.74, 6) is -1.88. The van der Waals surface area contributed by atoms with Crippen molar-refractivity contribution in [3.63, 3.8) is 0 Å². The van der Waals surface area contributed by atoms with Gasteiger partial charge in [-0.25, -0.2) is 0 Å². The number of carboxylic acids is 1. The molecule has 2 aromatic carbocycles. The van der Waals surface area contributed by atoms with Crippen molar-refractivity contribution in [1.29, 1.82) is 0 Å². The third-order valence-corrected chi connectivity index (χ3v) is 3.42. The smallest absolute Gasteiger partial charge is 0.311 e. The lowest BCUT2D eigenvalue weighted by molar-refractivity contribution is -0.139. The van der Waals surface area contributed by atoms with Crippen LogP contribution < -0.4 is 0 Å². The molecule has 0 aliphatic heterocycles. The topological polar surface area (TPSA) is 54.4 Å². The molecule has 0 bridgehead atoms. The standard InChI is InChI=1S/C16H13ClO3/c17-15-10-12(14(8-9-18)16(19)20)6-7-13(15)11-4-2-1-3-5-11/h1-7,9-10,14H,8H2,(H,19,20). The van der Waals surface area contributed by atoms with Crippen molar-refractivity contribution < 1.29 is 14.7 Å². The van der Waals surface area contributed by atoms with Gasteiger partial charge in [-0.15, -0.1) is 0 Å². The highest BCUT2D eigenvalue weighted by Crippen LogP contribution is 2.31. The fourth-order valence-electron chi connectivity index (χ4n) is 2.08. The molecule has 0 saturated carbocycles. The maximum absolute atomic E-state index is 11.2. The highest BCUT2D eigenvalue weighted by atomic mass is 35.5. The summed E-state index contributed by atoms with van der Waals surface area (Å²) < 4.78 is 0. The summed E-state index contributed by atoms with van der Waals surface area (Å²) >= 11 is 6.23. The van der Waals surface area contributed by atoms with Gasteiger partial charge in [0.25, 0.3) is 0 Å². The van der Waals surface area contributed by atoms with Gasteiger partial charge in [0.1, 0.15) is 6.29 Å². The van der Waals surface area contributed by atoms with Gasteiger partial charge in [-0.3, -0.25) is 4.79 Å². The van der Waals surface area contributed by atoms with E-state index < -0.39 is 11.9 Å². The first-order valence-corrected chi connectivity index (χ1v) is 6.52. The normalized spacial score (nSPS) is 11.8. The van der Waals surface area contributed by atoms with E-state index in [1.807, 2.05) is 30.3 Å². The van der Waals surface area contributed by atoms with Crippen LogP contribution >= 0.6 is 11.6 Å². The van der Waals surface area contributed by atoms with Crippen LogP contribution in [-0.2, 0) is 9.59 Å². The van der Waals surface area contributed by atoms with Crippen LogP contribution in [0, 0.1) is 0 Å². The Morgan fingerprint density at radius 3 is 2.45 bits per heavy atom. The Morgan fingerprint density at radius 1 is 1.20 bits per heavy atom. The van der Waals surface area contributed by atoms with Crippen molar-refractivity contribution in [3.05, 3.63) is 59.1 Å². The zero-order valence-corrected chi connectivity index (χ0v) is 11.4. The molecule has 0 fully saturated rings. The lowest BCUT2D eigenvalue weighted by atomic mass is 9.94. The molecule has 2 rings (SSSR count). The summed E-state index contributed by atoms with van der Waals surface area (Å²) in [6.45, 7) is 0. The molecule has 0 amide bonds. The van der Waals surface area contributed by atoms with Crippen LogP contribution in [0.25, 0.3) is 11.1 Å². The lowest BCUT2D eigenvalue weighted by Crippen LogP contribution is -2.12. The molecule has 2 aromatic rings. The first-order chi connectivity index (χ1) is 9.63. The highest BCUT2D eigenvalue weighted by Gasteiger charge is 2.20. The van der Waals surface area contributed by atoms with E-state index in [0.717, 1.165) is 11.1 Å². The SMILES string of the molecule is O=CCC(C(=O)O)c1ccc(-c2ccccc2)c(Cl)c1. The van der Waals surface area contributed by atoms with Crippen molar-refractivity contribution in [2.45, 2.75) is 12.3 Å². The molecule has 0 radical (unpaired) electrons. The van der Waals surface area contributed by atoms with E-state index in [9.17, 15) is 9.59 Å². The van der Waals surface area contributed by atoms with Gasteiger partial charge in [0.15, 0.2) is 0 Å². The van der Waals surface area contributed by atoms with Crippen molar-refractivity contribution >= 4 is 23.9 Å². The molecule has 3 nitrogen and oxygen atoms in total. The van der Waals surface area contributed by atoms with E-state index in [-0.39, 0.29) is 6.42 Å². The van der Waals surface area contributed by atoms with Crippen LogP contribution in [0.15, 0.2) is 48.5 Å². The Bertz CT molecular complexity index is 623. The summed E-state index contributed by atoms with van der Waals surface area (Å²) in [6, 6.07) is 14.7. The second kappa shape index (κ2) is 6.35. The maximum Gasteiger partial charge on any atom is 0.311 e. The second-order valence-corrected chi connectivity index (χ2v) is 4.81. The van der Waals surface area contributed by atoms with Crippen molar-refractivity contribution in [2.75, 3.05) is 0 Å². The van der Waals surface area contributed by atoms with E-state index in [4.69, 9.17) is 16.7 Å². The van der Waals surface area contributed by atoms with E-state index in [2.05, 4.69) is 0 Å². The van der Waals surface area contributed by atoms with E-state index in [1.54, 1.807) is 18.2 Å². The number of carbonyl (C=O) groups is 2. The first-order valence-electron chi connectivity index (χ1n) is 6.14. The number of carboxylic acid groups (broad SMARTS) is 1. The van der Waals surface area contributed by atoms with Gasteiger partial charge in [0, 0.05) is 17.0 Å². The van der Waals surface area contributed by atoms with Crippen LogP contribution in [0.4, 0.5) is 0 Å². The van der Waals surface area contributed by atoms with E-state index in [1.165, 1.54) is 0 Å². The minimum absolute atomic E-state index is 0.0592. The highest BCUT2D eigenvalue weighted by molar-refractivity contribution is 6.33. The first kappa shape index (κ1) is 14.3. The molecular formula is C16H13ClO3. The van der Waals surface area contributed by atoms with E-state index in [0.29, 0.717) is 16.9 Å². The molecule has 102 valence electrons. The summed E-state index contributed by atoms with van der Waals surface area (Å²) in [7, 11) is 0. The number of aliphatic carboxylic acids is 1. The molecule has 0 spiro atoms. The van der Waals surface area contributed by atoms with Crippen molar-refractivity contribution in [1.82, 2.24) is 0 Å². The number of hydrogen-bond donors (Lipinski definition) is 1. The monoisotopic (exact) mass is 288 g/mol. The largest absolute Gasteiger partial charge is 0.481 e.